The predicted octanol–water partition coefficient (Wildman–Crippen LogP) is 3.49. The van der Waals surface area contributed by atoms with Crippen molar-refractivity contribution in [2.24, 2.45) is 0 Å². The van der Waals surface area contributed by atoms with E-state index < -0.39 is 16.9 Å². The van der Waals surface area contributed by atoms with Crippen molar-refractivity contribution in [1.82, 2.24) is 5.32 Å². The van der Waals surface area contributed by atoms with Gasteiger partial charge in [-0.05, 0) is 42.8 Å². The summed E-state index contributed by atoms with van der Waals surface area (Å²) in [5.74, 6) is -0.673. The number of fused-ring (bicyclic) bond motifs is 1. The molecule has 1 aliphatic heterocycles. The zero-order valence-electron chi connectivity index (χ0n) is 12.8. The van der Waals surface area contributed by atoms with Gasteiger partial charge >= 0.3 is 0 Å². The van der Waals surface area contributed by atoms with Gasteiger partial charge in [-0.2, -0.15) is 0 Å². The van der Waals surface area contributed by atoms with Gasteiger partial charge in [0.25, 0.3) is 0 Å². The third-order valence-corrected chi connectivity index (χ3v) is 4.57. The summed E-state index contributed by atoms with van der Waals surface area (Å²) in [7, 11) is 0. The third-order valence-electron chi connectivity index (χ3n) is 3.48. The molecule has 0 spiro atoms. The number of carbonyl (C=O) groups excluding carboxylic acids is 1. The van der Waals surface area contributed by atoms with Gasteiger partial charge in [-0.25, -0.2) is 8.78 Å². The van der Waals surface area contributed by atoms with Crippen LogP contribution in [0.4, 0.5) is 8.78 Å². The second-order valence-corrected chi connectivity index (χ2v) is 6.66. The molecular formula is C17H15F2NO3S. The lowest BCUT2D eigenvalue weighted by atomic mass is 10.2. The minimum Gasteiger partial charge on any atom is -0.454 e. The molecule has 1 aliphatic rings. The first-order valence-corrected chi connectivity index (χ1v) is 8.19. The van der Waals surface area contributed by atoms with Crippen LogP contribution in [-0.4, -0.2) is 18.0 Å². The van der Waals surface area contributed by atoms with Gasteiger partial charge in [0.05, 0.1) is 5.25 Å². The second kappa shape index (κ2) is 7.09. The van der Waals surface area contributed by atoms with Crippen LogP contribution < -0.4 is 14.8 Å². The number of rotatable bonds is 5. The topological polar surface area (TPSA) is 47.6 Å². The lowest BCUT2D eigenvalue weighted by Gasteiger charge is -2.12. The highest BCUT2D eigenvalue weighted by atomic mass is 32.2. The Morgan fingerprint density at radius 2 is 1.96 bits per heavy atom. The lowest BCUT2D eigenvalue weighted by molar-refractivity contribution is -0.120. The average molecular weight is 351 g/mol. The van der Waals surface area contributed by atoms with Gasteiger partial charge in [-0.1, -0.05) is 6.07 Å². The maximum absolute atomic E-state index is 13.2. The summed E-state index contributed by atoms with van der Waals surface area (Å²) < 4.78 is 36.6. The molecule has 1 atom stereocenters. The fourth-order valence-electron chi connectivity index (χ4n) is 2.19. The fourth-order valence-corrected chi connectivity index (χ4v) is 3.11. The molecule has 4 nitrogen and oxygen atoms in total. The van der Waals surface area contributed by atoms with E-state index in [1.165, 1.54) is 17.8 Å². The Labute approximate surface area is 142 Å². The van der Waals surface area contributed by atoms with Crippen LogP contribution in [0.1, 0.15) is 12.5 Å². The summed E-state index contributed by atoms with van der Waals surface area (Å²) >= 11 is 1.17. The van der Waals surface area contributed by atoms with Crippen LogP contribution in [0.2, 0.25) is 0 Å². The molecule has 0 bridgehead atoms. The van der Waals surface area contributed by atoms with Gasteiger partial charge < -0.3 is 14.8 Å². The molecule has 7 heteroatoms. The highest BCUT2D eigenvalue weighted by molar-refractivity contribution is 8.00. The number of nitrogens with one attached hydrogen (secondary N) is 1. The standard InChI is InChI=1S/C17H15F2NO3S/c1-10(24-12-3-4-13(18)14(19)7-12)17(21)20-8-11-2-5-15-16(6-11)23-9-22-15/h2-7,10H,8-9H2,1H3,(H,20,21)/t10-/m1/s1. The van der Waals surface area contributed by atoms with Crippen LogP contribution in [0.25, 0.3) is 0 Å². The van der Waals surface area contributed by atoms with Gasteiger partial charge in [-0.15, -0.1) is 11.8 Å². The fraction of sp³-hybridized carbons (Fsp3) is 0.235. The second-order valence-electron chi connectivity index (χ2n) is 5.24. The van der Waals surface area contributed by atoms with Crippen LogP contribution >= 0.6 is 11.8 Å². The first kappa shape index (κ1) is 16.6. The minimum absolute atomic E-state index is 0.192. The third kappa shape index (κ3) is 3.79. The first-order chi connectivity index (χ1) is 11.5. The Balaban J connectivity index is 1.55. The maximum Gasteiger partial charge on any atom is 0.233 e. The van der Waals surface area contributed by atoms with Crippen LogP contribution in [0, 0.1) is 11.6 Å². The molecule has 0 aromatic heterocycles. The monoisotopic (exact) mass is 351 g/mol. The van der Waals surface area contributed by atoms with E-state index in [-0.39, 0.29) is 12.7 Å². The van der Waals surface area contributed by atoms with E-state index in [1.54, 1.807) is 13.0 Å². The zero-order valence-corrected chi connectivity index (χ0v) is 13.7. The van der Waals surface area contributed by atoms with Crippen LogP contribution in [0.3, 0.4) is 0 Å². The number of amides is 1. The molecule has 0 saturated heterocycles. The highest BCUT2D eigenvalue weighted by Crippen LogP contribution is 2.32. The molecule has 3 rings (SSSR count). The number of carbonyl (C=O) groups is 1. The molecule has 2 aromatic rings. The van der Waals surface area contributed by atoms with E-state index in [9.17, 15) is 13.6 Å². The summed E-state index contributed by atoms with van der Waals surface area (Å²) in [6.45, 7) is 2.26. The van der Waals surface area contributed by atoms with Crippen molar-refractivity contribution >= 4 is 17.7 Å². The Morgan fingerprint density at radius 1 is 1.17 bits per heavy atom. The minimum atomic E-state index is -0.923. The summed E-state index contributed by atoms with van der Waals surface area (Å²) in [5, 5.41) is 2.37. The largest absolute Gasteiger partial charge is 0.454 e. The SMILES string of the molecule is C[C@@H](Sc1ccc(F)c(F)c1)C(=O)NCc1ccc2c(c1)OCO2. The van der Waals surface area contributed by atoms with E-state index in [2.05, 4.69) is 5.32 Å². The van der Waals surface area contributed by atoms with E-state index in [1.807, 2.05) is 12.1 Å². The van der Waals surface area contributed by atoms with Gasteiger partial charge in [0.2, 0.25) is 12.7 Å². The summed E-state index contributed by atoms with van der Waals surface area (Å²) in [6, 6.07) is 9.04. The molecule has 1 heterocycles. The first-order valence-electron chi connectivity index (χ1n) is 7.31. The number of hydrogen-bond acceptors (Lipinski definition) is 4. The van der Waals surface area contributed by atoms with Crippen molar-refractivity contribution in [1.29, 1.82) is 0 Å². The highest BCUT2D eigenvalue weighted by Gasteiger charge is 2.17. The smallest absolute Gasteiger partial charge is 0.233 e. The molecular weight excluding hydrogens is 336 g/mol. The van der Waals surface area contributed by atoms with Crippen molar-refractivity contribution < 1.29 is 23.0 Å². The Morgan fingerprint density at radius 3 is 2.75 bits per heavy atom. The van der Waals surface area contributed by atoms with E-state index >= 15 is 0 Å². The number of thioether (sulfide) groups is 1. The Bertz CT molecular complexity index is 769. The quantitative estimate of drug-likeness (QED) is 0.838. The molecule has 0 radical (unpaired) electrons. The molecule has 0 aliphatic carbocycles. The van der Waals surface area contributed by atoms with E-state index in [4.69, 9.17) is 9.47 Å². The van der Waals surface area contributed by atoms with Crippen molar-refractivity contribution in [3.63, 3.8) is 0 Å². The lowest BCUT2D eigenvalue weighted by Crippen LogP contribution is -2.30. The van der Waals surface area contributed by atoms with Crippen LogP contribution in [0.5, 0.6) is 11.5 Å². The molecule has 2 aromatic carbocycles. The van der Waals surface area contributed by atoms with Crippen LogP contribution in [-0.2, 0) is 11.3 Å². The molecule has 0 fully saturated rings. The van der Waals surface area contributed by atoms with Gasteiger partial charge in [0, 0.05) is 11.4 Å². The molecule has 126 valence electrons. The zero-order chi connectivity index (χ0) is 17.1. The summed E-state index contributed by atoms with van der Waals surface area (Å²) in [6.07, 6.45) is 0. The molecule has 0 unspecified atom stereocenters. The Kier molecular flexibility index (Phi) is 4.89. The van der Waals surface area contributed by atoms with Crippen LogP contribution in [0.15, 0.2) is 41.3 Å². The normalized spacial score (nSPS) is 13.6. The van der Waals surface area contributed by atoms with Crippen molar-refractivity contribution in [3.8, 4) is 11.5 Å². The van der Waals surface area contributed by atoms with Gasteiger partial charge in [0.15, 0.2) is 23.1 Å². The van der Waals surface area contributed by atoms with Crippen molar-refractivity contribution in [2.75, 3.05) is 6.79 Å². The van der Waals surface area contributed by atoms with Gasteiger partial charge in [-0.3, -0.25) is 4.79 Å². The van der Waals surface area contributed by atoms with Crippen molar-refractivity contribution in [3.05, 3.63) is 53.6 Å². The summed E-state index contributed by atoms with van der Waals surface area (Å²) in [4.78, 5) is 12.7. The molecule has 1 amide bonds. The summed E-state index contributed by atoms with van der Waals surface area (Å²) in [5.41, 5.74) is 0.887. The number of hydrogen-bond donors (Lipinski definition) is 1. The molecule has 1 N–H and O–H groups in total. The van der Waals surface area contributed by atoms with Gasteiger partial charge in [0.1, 0.15) is 0 Å². The number of ether oxygens (including phenoxy) is 2. The van der Waals surface area contributed by atoms with E-state index in [0.717, 1.165) is 17.7 Å². The van der Waals surface area contributed by atoms with Crippen molar-refractivity contribution in [2.45, 2.75) is 23.6 Å². The average Bonchev–Trinajstić information content (AvgIpc) is 3.03. The number of halogens is 2. The predicted molar refractivity (Wildman–Crippen MR) is 86.1 cm³/mol. The molecule has 0 saturated carbocycles. The maximum atomic E-state index is 13.2. The molecule has 24 heavy (non-hydrogen) atoms. The van der Waals surface area contributed by atoms with E-state index in [0.29, 0.717) is 22.9 Å². The Hall–Kier alpha value is -2.28. The number of benzene rings is 2.